The van der Waals surface area contributed by atoms with Crippen LogP contribution in [-0.2, 0) is 4.74 Å². The molecule has 0 aliphatic rings. The van der Waals surface area contributed by atoms with Gasteiger partial charge in [-0.1, -0.05) is 6.42 Å². The van der Waals surface area contributed by atoms with Gasteiger partial charge >= 0.3 is 6.09 Å². The van der Waals surface area contributed by atoms with Gasteiger partial charge in [0, 0.05) is 25.2 Å². The van der Waals surface area contributed by atoms with Gasteiger partial charge in [0.05, 0.1) is 19.1 Å². The number of amides is 1. The molecular formula is C21H39N7O3. The summed E-state index contributed by atoms with van der Waals surface area (Å²) in [4.78, 5) is 23.8. The highest BCUT2D eigenvalue weighted by Crippen LogP contribution is 2.12. The molecule has 10 nitrogen and oxygen atoms in total. The molecule has 0 bridgehead atoms. The molecule has 0 saturated heterocycles. The van der Waals surface area contributed by atoms with Crippen LogP contribution >= 0.6 is 0 Å². The van der Waals surface area contributed by atoms with Crippen molar-refractivity contribution in [3.05, 3.63) is 18.9 Å². The Balaban J connectivity index is 0.000000339. The van der Waals surface area contributed by atoms with Gasteiger partial charge in [-0.2, -0.15) is 0 Å². The maximum absolute atomic E-state index is 11.5. The summed E-state index contributed by atoms with van der Waals surface area (Å²) in [7, 11) is 0. The van der Waals surface area contributed by atoms with Gasteiger partial charge in [-0.15, -0.1) is 0 Å². The summed E-state index contributed by atoms with van der Waals surface area (Å²) in [6, 6.07) is 0.524. The number of unbranched alkanes of at least 4 members (excludes halogenated alkanes) is 1. The number of fused-ring (bicyclic) bond motifs is 1. The lowest BCUT2D eigenvalue weighted by atomic mass is 10.1. The van der Waals surface area contributed by atoms with E-state index in [0.717, 1.165) is 30.4 Å². The molecule has 1 atom stereocenters. The molecule has 2 aromatic rings. The zero-order chi connectivity index (χ0) is 23.3. The van der Waals surface area contributed by atoms with Crippen LogP contribution in [0, 0.1) is 0 Å². The first-order valence-electron chi connectivity index (χ1n) is 10.8. The fraction of sp³-hybridized carbons (Fsp3) is 0.714. The van der Waals surface area contributed by atoms with Gasteiger partial charge in [0.2, 0.25) is 0 Å². The molecule has 0 aromatic carbocycles. The highest BCUT2D eigenvalue weighted by Gasteiger charge is 2.17. The predicted octanol–water partition coefficient (Wildman–Crippen LogP) is 2.00. The summed E-state index contributed by atoms with van der Waals surface area (Å²) < 4.78 is 7.20. The second-order valence-corrected chi connectivity index (χ2v) is 8.52. The van der Waals surface area contributed by atoms with Gasteiger partial charge in [0.1, 0.15) is 17.4 Å². The number of nitrogens with one attached hydrogen (secondary N) is 2. The molecule has 176 valence electrons. The third-order valence-electron chi connectivity index (χ3n) is 4.24. The molecule has 31 heavy (non-hydrogen) atoms. The highest BCUT2D eigenvalue weighted by atomic mass is 16.6. The molecular weight excluding hydrogens is 398 g/mol. The lowest BCUT2D eigenvalue weighted by molar-refractivity contribution is 0.0521. The Hall–Kier alpha value is -2.30. The third kappa shape index (κ3) is 11.0. The van der Waals surface area contributed by atoms with Crippen LogP contribution < -0.4 is 16.4 Å². The monoisotopic (exact) mass is 437 g/mol. The molecule has 1 amide bonds. The van der Waals surface area contributed by atoms with Gasteiger partial charge < -0.3 is 30.8 Å². The van der Waals surface area contributed by atoms with Crippen LogP contribution in [0.4, 0.5) is 4.79 Å². The minimum absolute atomic E-state index is 0.0832. The average Bonchev–Trinajstić information content (AvgIpc) is 3.13. The second kappa shape index (κ2) is 13.9. The number of rotatable bonds is 10. The van der Waals surface area contributed by atoms with Crippen molar-refractivity contribution in [2.45, 2.75) is 71.6 Å². The Bertz CT molecular complexity index is 759. The van der Waals surface area contributed by atoms with E-state index in [1.165, 1.54) is 0 Å². The fourth-order valence-corrected chi connectivity index (χ4v) is 2.76. The zero-order valence-electron chi connectivity index (χ0n) is 19.5. The zero-order valence-corrected chi connectivity index (χ0v) is 19.5. The van der Waals surface area contributed by atoms with Crippen molar-refractivity contribution in [2.75, 3.05) is 26.2 Å². The number of hydrogen-bond donors (Lipinski definition) is 4. The van der Waals surface area contributed by atoms with Gasteiger partial charge in [-0.3, -0.25) is 0 Å². The Morgan fingerprint density at radius 3 is 2.65 bits per heavy atom. The smallest absolute Gasteiger partial charge is 0.407 e. The normalized spacial score (nSPS) is 12.4. The second-order valence-electron chi connectivity index (χ2n) is 8.52. The van der Waals surface area contributed by atoms with E-state index in [0.29, 0.717) is 25.7 Å². The Morgan fingerprint density at radius 2 is 2.03 bits per heavy atom. The van der Waals surface area contributed by atoms with Crippen LogP contribution in [0.2, 0.25) is 0 Å². The van der Waals surface area contributed by atoms with Crippen molar-refractivity contribution >= 4 is 17.3 Å². The Morgan fingerprint density at radius 1 is 1.29 bits per heavy atom. The molecule has 0 aliphatic heterocycles. The molecule has 2 heterocycles. The number of ether oxygens (including phenoxy) is 1. The first kappa shape index (κ1) is 26.7. The van der Waals surface area contributed by atoms with E-state index in [1.54, 1.807) is 18.9 Å². The van der Waals surface area contributed by atoms with E-state index in [-0.39, 0.29) is 12.6 Å². The van der Waals surface area contributed by atoms with Crippen LogP contribution in [-0.4, -0.2) is 68.6 Å². The van der Waals surface area contributed by atoms with Crippen LogP contribution in [0.1, 0.15) is 59.9 Å². The van der Waals surface area contributed by atoms with Crippen molar-refractivity contribution in [3.63, 3.8) is 0 Å². The third-order valence-corrected chi connectivity index (χ3v) is 4.24. The maximum Gasteiger partial charge on any atom is 0.407 e. The molecule has 1 unspecified atom stereocenters. The number of alkyl carbamates (subject to hydrolysis) is 1. The molecule has 2 rings (SSSR count). The molecule has 5 N–H and O–H groups in total. The van der Waals surface area contributed by atoms with Crippen LogP contribution in [0.3, 0.4) is 0 Å². The molecule has 0 aliphatic carbocycles. The number of carbonyl (C=O) groups is 1. The van der Waals surface area contributed by atoms with Gasteiger partial charge in [-0.25, -0.2) is 19.7 Å². The summed E-state index contributed by atoms with van der Waals surface area (Å²) in [5, 5.41) is 14.7. The minimum Gasteiger partial charge on any atom is -0.444 e. The summed E-state index contributed by atoms with van der Waals surface area (Å²) in [5.41, 5.74) is 6.72. The lowest BCUT2D eigenvalue weighted by Gasteiger charge is -2.22. The summed E-state index contributed by atoms with van der Waals surface area (Å²) in [6.45, 7) is 11.4. The maximum atomic E-state index is 11.5. The summed E-state index contributed by atoms with van der Waals surface area (Å²) in [6.07, 6.45) is 7.52. The minimum atomic E-state index is -0.488. The largest absolute Gasteiger partial charge is 0.444 e. The number of nitrogens with two attached hydrogens (primary N) is 1. The topological polar surface area (TPSA) is 140 Å². The van der Waals surface area contributed by atoms with Gasteiger partial charge in [0.25, 0.3) is 0 Å². The van der Waals surface area contributed by atoms with E-state index in [1.807, 2.05) is 25.3 Å². The van der Waals surface area contributed by atoms with Gasteiger partial charge in [-0.05, 0) is 54.0 Å². The van der Waals surface area contributed by atoms with Crippen molar-refractivity contribution < 1.29 is 14.6 Å². The highest BCUT2D eigenvalue weighted by molar-refractivity contribution is 5.69. The number of aromatic nitrogens is 4. The summed E-state index contributed by atoms with van der Waals surface area (Å²) in [5.74, 6) is 0. The van der Waals surface area contributed by atoms with E-state index in [4.69, 9.17) is 15.6 Å². The molecule has 0 spiro atoms. The first-order valence-corrected chi connectivity index (χ1v) is 10.8. The first-order chi connectivity index (χ1) is 14.7. The predicted molar refractivity (Wildman–Crippen MR) is 122 cm³/mol. The van der Waals surface area contributed by atoms with Crippen LogP contribution in [0.15, 0.2) is 18.9 Å². The number of imidazole rings is 1. The Labute approximate surface area is 185 Å². The quantitative estimate of drug-likeness (QED) is 0.414. The van der Waals surface area contributed by atoms with E-state index < -0.39 is 11.7 Å². The van der Waals surface area contributed by atoms with Crippen LogP contribution in [0.25, 0.3) is 11.2 Å². The van der Waals surface area contributed by atoms with Crippen molar-refractivity contribution in [2.24, 2.45) is 5.73 Å². The number of aliphatic hydroxyl groups is 1. The summed E-state index contributed by atoms with van der Waals surface area (Å²) >= 11 is 0. The van der Waals surface area contributed by atoms with Crippen molar-refractivity contribution in [1.82, 2.24) is 30.2 Å². The van der Waals surface area contributed by atoms with Crippen molar-refractivity contribution in [1.29, 1.82) is 0 Å². The van der Waals surface area contributed by atoms with E-state index >= 15 is 0 Å². The molecule has 2 aromatic heterocycles. The average molecular weight is 438 g/mol. The fourth-order valence-electron chi connectivity index (χ4n) is 2.76. The lowest BCUT2D eigenvalue weighted by Crippen LogP contribution is -2.43. The SMILES string of the molecule is CC(C)(C)OC(=O)NCC(CCCCN)NCCO.CC(C)n1cnc2cncnc21. The number of hydrogen-bond acceptors (Lipinski definition) is 8. The molecule has 0 radical (unpaired) electrons. The number of nitrogens with zero attached hydrogens (tertiary/aromatic N) is 4. The Kier molecular flexibility index (Phi) is 12.0. The van der Waals surface area contributed by atoms with Gasteiger partial charge in [0.15, 0.2) is 5.65 Å². The van der Waals surface area contributed by atoms with Crippen molar-refractivity contribution in [3.8, 4) is 0 Å². The van der Waals surface area contributed by atoms with E-state index in [9.17, 15) is 4.79 Å². The molecule has 10 heteroatoms. The number of aliphatic hydroxyl groups excluding tert-OH is 1. The number of carbonyl (C=O) groups excluding carboxylic acids is 1. The standard InChI is InChI=1S/C13H29N3O3.C8H10N4/c1-13(2,3)19-12(18)16-10-11(15-8-9-17)6-4-5-7-14;1-6(2)12-5-11-7-3-9-4-10-8(7)12/h11,15,17H,4-10,14H2,1-3H3,(H,16,18);3-6H,1-2H3. The van der Waals surface area contributed by atoms with Crippen LogP contribution in [0.5, 0.6) is 0 Å². The molecule has 0 fully saturated rings. The molecule has 0 saturated carbocycles. The van der Waals surface area contributed by atoms with E-state index in [2.05, 4.69) is 39.4 Å².